The zero-order valence-corrected chi connectivity index (χ0v) is 11.7. The molecule has 4 heteroatoms. The van der Waals surface area contributed by atoms with Crippen LogP contribution in [0.15, 0.2) is 6.07 Å². The van der Waals surface area contributed by atoms with Gasteiger partial charge in [-0.25, -0.2) is 0 Å². The van der Waals surface area contributed by atoms with E-state index in [1.807, 2.05) is 19.9 Å². The third kappa shape index (κ3) is 2.87. The molecule has 2 rings (SSSR count). The zero-order valence-electron chi connectivity index (χ0n) is 11.7. The number of aromatic nitrogens is 1. The van der Waals surface area contributed by atoms with Crippen LogP contribution in [0.25, 0.3) is 0 Å². The van der Waals surface area contributed by atoms with Gasteiger partial charge in [0.15, 0.2) is 0 Å². The van der Waals surface area contributed by atoms with E-state index in [1.165, 1.54) is 12.8 Å². The molecule has 0 spiro atoms. The summed E-state index contributed by atoms with van der Waals surface area (Å²) in [6.45, 7) is 4.52. The van der Waals surface area contributed by atoms with E-state index in [0.29, 0.717) is 18.2 Å². The Morgan fingerprint density at radius 1 is 1.42 bits per heavy atom. The highest BCUT2D eigenvalue weighted by Crippen LogP contribution is 2.31. The molecular formula is C15H21N3O. The van der Waals surface area contributed by atoms with E-state index in [-0.39, 0.29) is 6.61 Å². The van der Waals surface area contributed by atoms with Gasteiger partial charge in [0, 0.05) is 18.3 Å². The first-order valence-electron chi connectivity index (χ1n) is 6.93. The molecule has 0 atom stereocenters. The van der Waals surface area contributed by atoms with Crippen molar-refractivity contribution in [2.75, 3.05) is 18.1 Å². The summed E-state index contributed by atoms with van der Waals surface area (Å²) in [6.07, 6.45) is 4.76. The Morgan fingerprint density at radius 2 is 2.11 bits per heavy atom. The van der Waals surface area contributed by atoms with Gasteiger partial charge in [-0.1, -0.05) is 12.8 Å². The minimum Gasteiger partial charge on any atom is -0.395 e. The fourth-order valence-electron chi connectivity index (χ4n) is 3.00. The molecule has 0 aromatic carbocycles. The molecule has 0 saturated heterocycles. The Hall–Kier alpha value is -1.60. The maximum absolute atomic E-state index is 9.37. The summed E-state index contributed by atoms with van der Waals surface area (Å²) in [6, 6.07) is 4.68. The van der Waals surface area contributed by atoms with E-state index in [1.54, 1.807) is 0 Å². The smallest absolute Gasteiger partial charge is 0.103 e. The Bertz CT molecular complexity index is 487. The first-order chi connectivity index (χ1) is 9.17. The SMILES string of the molecule is Cc1cc(N(CCO)C2CCCC2)c(C#N)c(C)n1. The Kier molecular flexibility index (Phi) is 4.39. The van der Waals surface area contributed by atoms with Crippen molar-refractivity contribution >= 4 is 5.69 Å². The summed E-state index contributed by atoms with van der Waals surface area (Å²) >= 11 is 0. The number of hydrogen-bond acceptors (Lipinski definition) is 4. The number of hydrogen-bond donors (Lipinski definition) is 1. The molecule has 0 aliphatic heterocycles. The van der Waals surface area contributed by atoms with Crippen molar-refractivity contribution in [3.05, 3.63) is 23.0 Å². The first kappa shape index (κ1) is 13.8. The summed E-state index contributed by atoms with van der Waals surface area (Å²) in [4.78, 5) is 6.56. The zero-order chi connectivity index (χ0) is 13.8. The molecule has 0 unspecified atom stereocenters. The largest absolute Gasteiger partial charge is 0.395 e. The molecule has 0 radical (unpaired) electrons. The van der Waals surface area contributed by atoms with Crippen LogP contribution in [-0.4, -0.2) is 29.3 Å². The van der Waals surface area contributed by atoms with Gasteiger partial charge < -0.3 is 10.0 Å². The van der Waals surface area contributed by atoms with Crippen molar-refractivity contribution in [3.63, 3.8) is 0 Å². The molecule has 1 aromatic heterocycles. The van der Waals surface area contributed by atoms with Gasteiger partial charge in [-0.2, -0.15) is 5.26 Å². The third-order valence-electron chi connectivity index (χ3n) is 3.84. The Balaban J connectivity index is 2.43. The highest BCUT2D eigenvalue weighted by Gasteiger charge is 2.25. The number of anilines is 1. The average molecular weight is 259 g/mol. The number of rotatable bonds is 4. The van der Waals surface area contributed by atoms with Crippen LogP contribution in [0.4, 0.5) is 5.69 Å². The molecule has 1 aliphatic carbocycles. The normalized spacial score (nSPS) is 15.5. The number of nitrogens with zero attached hydrogens (tertiary/aromatic N) is 3. The van der Waals surface area contributed by atoms with Crippen molar-refractivity contribution in [2.45, 2.75) is 45.6 Å². The topological polar surface area (TPSA) is 60.1 Å². The molecule has 1 saturated carbocycles. The highest BCUT2D eigenvalue weighted by atomic mass is 16.3. The molecule has 1 fully saturated rings. The van der Waals surface area contributed by atoms with Gasteiger partial charge in [0.05, 0.1) is 23.6 Å². The molecule has 102 valence electrons. The molecule has 1 aromatic rings. The second-order valence-electron chi connectivity index (χ2n) is 5.21. The summed E-state index contributed by atoms with van der Waals surface area (Å²) in [5.74, 6) is 0. The summed E-state index contributed by atoms with van der Waals surface area (Å²) in [5.41, 5.74) is 3.28. The maximum atomic E-state index is 9.37. The Labute approximate surface area is 114 Å². The van der Waals surface area contributed by atoms with Crippen LogP contribution in [0.2, 0.25) is 0 Å². The van der Waals surface area contributed by atoms with Gasteiger partial charge in [0.25, 0.3) is 0 Å². The molecule has 0 amide bonds. The minimum atomic E-state index is 0.113. The molecule has 0 bridgehead atoms. The van der Waals surface area contributed by atoms with Crippen LogP contribution in [-0.2, 0) is 0 Å². The van der Waals surface area contributed by atoms with E-state index >= 15 is 0 Å². The maximum Gasteiger partial charge on any atom is 0.103 e. The van der Waals surface area contributed by atoms with Crippen molar-refractivity contribution in [2.24, 2.45) is 0 Å². The van der Waals surface area contributed by atoms with Crippen molar-refractivity contribution in [1.29, 1.82) is 5.26 Å². The van der Waals surface area contributed by atoms with Crippen molar-refractivity contribution < 1.29 is 5.11 Å². The van der Waals surface area contributed by atoms with E-state index < -0.39 is 0 Å². The first-order valence-corrected chi connectivity index (χ1v) is 6.93. The number of pyridine rings is 1. The van der Waals surface area contributed by atoms with Gasteiger partial charge in [-0.05, 0) is 32.8 Å². The average Bonchev–Trinajstić information content (AvgIpc) is 2.88. The molecule has 19 heavy (non-hydrogen) atoms. The lowest BCUT2D eigenvalue weighted by atomic mass is 10.1. The predicted octanol–water partition coefficient (Wildman–Crippen LogP) is 2.31. The third-order valence-corrected chi connectivity index (χ3v) is 3.84. The van der Waals surface area contributed by atoms with Crippen LogP contribution >= 0.6 is 0 Å². The minimum absolute atomic E-state index is 0.113. The van der Waals surface area contributed by atoms with Crippen LogP contribution in [0.1, 0.15) is 42.6 Å². The van der Waals surface area contributed by atoms with Gasteiger partial charge in [-0.15, -0.1) is 0 Å². The lowest BCUT2D eigenvalue weighted by Gasteiger charge is -2.31. The number of nitriles is 1. The van der Waals surface area contributed by atoms with Crippen LogP contribution < -0.4 is 4.90 Å². The van der Waals surface area contributed by atoms with E-state index in [0.717, 1.165) is 29.9 Å². The summed E-state index contributed by atoms with van der Waals surface area (Å²) in [7, 11) is 0. The summed E-state index contributed by atoms with van der Waals surface area (Å²) < 4.78 is 0. The Morgan fingerprint density at radius 3 is 2.68 bits per heavy atom. The van der Waals surface area contributed by atoms with E-state index in [9.17, 15) is 10.4 Å². The van der Waals surface area contributed by atoms with Gasteiger partial charge in [0.2, 0.25) is 0 Å². The van der Waals surface area contributed by atoms with E-state index in [2.05, 4.69) is 16.0 Å². The fourth-order valence-corrected chi connectivity index (χ4v) is 3.00. The van der Waals surface area contributed by atoms with Crippen LogP contribution in [0.3, 0.4) is 0 Å². The lowest BCUT2D eigenvalue weighted by molar-refractivity contribution is 0.297. The van der Waals surface area contributed by atoms with Gasteiger partial charge in [0.1, 0.15) is 6.07 Å². The lowest BCUT2D eigenvalue weighted by Crippen LogP contribution is -2.36. The number of aryl methyl sites for hydroxylation is 2. The second kappa shape index (κ2) is 6.03. The standard InChI is InChI=1S/C15H21N3O/c1-11-9-15(14(10-16)12(2)17-11)18(7-8-19)13-5-3-4-6-13/h9,13,19H,3-8H2,1-2H3. The van der Waals surface area contributed by atoms with Gasteiger partial charge >= 0.3 is 0 Å². The van der Waals surface area contributed by atoms with Crippen LogP contribution in [0, 0.1) is 25.2 Å². The van der Waals surface area contributed by atoms with E-state index in [4.69, 9.17) is 0 Å². The molecule has 1 heterocycles. The molecule has 4 nitrogen and oxygen atoms in total. The van der Waals surface area contributed by atoms with Crippen molar-refractivity contribution in [1.82, 2.24) is 4.98 Å². The van der Waals surface area contributed by atoms with Gasteiger partial charge in [-0.3, -0.25) is 4.98 Å². The van der Waals surface area contributed by atoms with Crippen molar-refractivity contribution in [3.8, 4) is 6.07 Å². The molecule has 1 aliphatic rings. The number of aliphatic hydroxyl groups excluding tert-OH is 1. The second-order valence-corrected chi connectivity index (χ2v) is 5.21. The number of aliphatic hydroxyl groups is 1. The monoisotopic (exact) mass is 259 g/mol. The molecular weight excluding hydrogens is 238 g/mol. The van der Waals surface area contributed by atoms with Crippen LogP contribution in [0.5, 0.6) is 0 Å². The predicted molar refractivity (Wildman–Crippen MR) is 75.1 cm³/mol. The summed E-state index contributed by atoms with van der Waals surface area (Å²) in [5, 5.41) is 18.7. The fraction of sp³-hybridized carbons (Fsp3) is 0.600. The quantitative estimate of drug-likeness (QED) is 0.901. The highest BCUT2D eigenvalue weighted by molar-refractivity contribution is 5.62. The molecule has 1 N–H and O–H groups in total.